The molecule has 0 spiro atoms. The number of hydrogen-bond acceptors (Lipinski definition) is 4. The van der Waals surface area contributed by atoms with E-state index in [9.17, 15) is 4.79 Å². The van der Waals surface area contributed by atoms with Crippen molar-refractivity contribution in [2.24, 2.45) is 0 Å². The lowest BCUT2D eigenvalue weighted by atomic mass is 10.1. The van der Waals surface area contributed by atoms with Gasteiger partial charge in [-0.3, -0.25) is 0 Å². The number of methoxy groups -OCH3 is 1. The second kappa shape index (κ2) is 10.1. The molecule has 0 aliphatic rings. The minimum Gasteiger partial charge on any atom is -0.493 e. The first-order valence-electron chi connectivity index (χ1n) is 9.30. The molecule has 0 fully saturated rings. The first-order valence-corrected chi connectivity index (χ1v) is 9.30. The van der Waals surface area contributed by atoms with E-state index in [4.69, 9.17) is 14.6 Å². The van der Waals surface area contributed by atoms with Crippen LogP contribution in [0.1, 0.15) is 5.56 Å². The summed E-state index contributed by atoms with van der Waals surface area (Å²) in [7, 11) is 1.55. The molecule has 0 bridgehead atoms. The number of urea groups is 1. The highest BCUT2D eigenvalue weighted by Crippen LogP contribution is 2.28. The standard InChI is InChI=1S/C23H24N2O4/c1-28-22-15-17(7-12-21(22)29-14-13-26)16-24-23(27)25-20-10-8-19(9-11-20)18-5-3-2-4-6-18/h2-12,15,26H,13-14,16H2,1H3,(H2,24,25,27). The molecule has 6 heteroatoms. The van der Waals surface area contributed by atoms with Crippen molar-refractivity contribution in [3.63, 3.8) is 0 Å². The number of carbonyl (C=O) groups excluding carboxylic acids is 1. The molecule has 3 aromatic carbocycles. The Labute approximate surface area is 170 Å². The highest BCUT2D eigenvalue weighted by molar-refractivity contribution is 5.89. The van der Waals surface area contributed by atoms with Gasteiger partial charge in [0.25, 0.3) is 0 Å². The van der Waals surface area contributed by atoms with E-state index in [0.717, 1.165) is 16.7 Å². The Morgan fingerprint density at radius 3 is 2.34 bits per heavy atom. The molecule has 29 heavy (non-hydrogen) atoms. The van der Waals surface area contributed by atoms with Gasteiger partial charge in [0.15, 0.2) is 11.5 Å². The predicted molar refractivity (Wildman–Crippen MR) is 113 cm³/mol. The summed E-state index contributed by atoms with van der Waals surface area (Å²) in [6.07, 6.45) is 0. The lowest BCUT2D eigenvalue weighted by Crippen LogP contribution is -2.28. The van der Waals surface area contributed by atoms with Crippen molar-refractivity contribution in [3.8, 4) is 22.6 Å². The molecule has 0 aromatic heterocycles. The van der Waals surface area contributed by atoms with Crippen molar-refractivity contribution in [2.75, 3.05) is 25.6 Å². The number of aliphatic hydroxyl groups excluding tert-OH is 1. The fourth-order valence-electron chi connectivity index (χ4n) is 2.83. The van der Waals surface area contributed by atoms with Gasteiger partial charge in [-0.1, -0.05) is 48.5 Å². The van der Waals surface area contributed by atoms with Crippen molar-refractivity contribution in [2.45, 2.75) is 6.54 Å². The molecule has 6 nitrogen and oxygen atoms in total. The van der Waals surface area contributed by atoms with E-state index in [-0.39, 0.29) is 19.2 Å². The number of carbonyl (C=O) groups is 1. The minimum atomic E-state index is -0.294. The van der Waals surface area contributed by atoms with Gasteiger partial charge in [0.1, 0.15) is 6.61 Å². The third-order valence-electron chi connectivity index (χ3n) is 4.28. The Morgan fingerprint density at radius 1 is 0.931 bits per heavy atom. The maximum atomic E-state index is 12.2. The summed E-state index contributed by atoms with van der Waals surface area (Å²) in [5.74, 6) is 1.10. The highest BCUT2D eigenvalue weighted by Gasteiger charge is 2.07. The largest absolute Gasteiger partial charge is 0.493 e. The first kappa shape index (κ1) is 20.2. The number of ether oxygens (including phenoxy) is 2. The van der Waals surface area contributed by atoms with Crippen molar-refractivity contribution in [1.82, 2.24) is 5.32 Å². The maximum Gasteiger partial charge on any atom is 0.319 e. The van der Waals surface area contributed by atoms with Gasteiger partial charge in [-0.05, 0) is 41.0 Å². The Bertz CT molecular complexity index is 927. The Kier molecular flexibility index (Phi) is 7.08. The van der Waals surface area contributed by atoms with Crippen LogP contribution in [0.5, 0.6) is 11.5 Å². The highest BCUT2D eigenvalue weighted by atomic mass is 16.5. The normalized spacial score (nSPS) is 10.3. The monoisotopic (exact) mass is 392 g/mol. The van der Waals surface area contributed by atoms with E-state index in [1.807, 2.05) is 60.7 Å². The van der Waals surface area contributed by atoms with Crippen LogP contribution < -0.4 is 20.1 Å². The van der Waals surface area contributed by atoms with Crippen LogP contribution in [0, 0.1) is 0 Å². The predicted octanol–water partition coefficient (Wildman–Crippen LogP) is 4.06. The maximum absolute atomic E-state index is 12.2. The molecule has 3 aromatic rings. The van der Waals surface area contributed by atoms with E-state index < -0.39 is 0 Å². The molecule has 3 rings (SSSR count). The SMILES string of the molecule is COc1cc(CNC(=O)Nc2ccc(-c3ccccc3)cc2)ccc1OCCO. The summed E-state index contributed by atoms with van der Waals surface area (Å²) in [4.78, 5) is 12.2. The third kappa shape index (κ3) is 5.73. The number of rotatable bonds is 8. The quantitative estimate of drug-likeness (QED) is 0.540. The number of amides is 2. The molecule has 3 N–H and O–H groups in total. The molecule has 150 valence electrons. The molecule has 0 atom stereocenters. The van der Waals surface area contributed by atoms with E-state index in [0.29, 0.717) is 23.7 Å². The van der Waals surface area contributed by atoms with Gasteiger partial charge in [0.2, 0.25) is 0 Å². The van der Waals surface area contributed by atoms with Gasteiger partial charge < -0.3 is 25.2 Å². The average Bonchev–Trinajstić information content (AvgIpc) is 2.77. The van der Waals surface area contributed by atoms with Crippen LogP contribution in [0.4, 0.5) is 10.5 Å². The molecule has 0 saturated heterocycles. The van der Waals surface area contributed by atoms with Crippen LogP contribution in [0.25, 0.3) is 11.1 Å². The summed E-state index contributed by atoms with van der Waals surface area (Å²) >= 11 is 0. The number of anilines is 1. The van der Waals surface area contributed by atoms with Gasteiger partial charge in [-0.2, -0.15) is 0 Å². The molecular weight excluding hydrogens is 368 g/mol. The van der Waals surface area contributed by atoms with E-state index >= 15 is 0 Å². The van der Waals surface area contributed by atoms with Crippen LogP contribution in [0.2, 0.25) is 0 Å². The summed E-state index contributed by atoms with van der Waals surface area (Å²) in [5.41, 5.74) is 3.80. The molecule has 0 unspecified atom stereocenters. The third-order valence-corrected chi connectivity index (χ3v) is 4.28. The molecule has 0 aliphatic heterocycles. The molecular formula is C23H24N2O4. The Morgan fingerprint density at radius 2 is 1.66 bits per heavy atom. The van der Waals surface area contributed by atoms with Gasteiger partial charge in [-0.15, -0.1) is 0 Å². The second-order valence-corrected chi connectivity index (χ2v) is 6.31. The topological polar surface area (TPSA) is 79.8 Å². The summed E-state index contributed by atoms with van der Waals surface area (Å²) in [6, 6.07) is 22.8. The lowest BCUT2D eigenvalue weighted by Gasteiger charge is -2.12. The number of aliphatic hydroxyl groups is 1. The van der Waals surface area contributed by atoms with E-state index in [1.165, 1.54) is 0 Å². The zero-order chi connectivity index (χ0) is 20.5. The minimum absolute atomic E-state index is 0.0705. The smallest absolute Gasteiger partial charge is 0.319 e. The first-order chi connectivity index (χ1) is 14.2. The average molecular weight is 392 g/mol. The van der Waals surface area contributed by atoms with Crippen LogP contribution in [-0.2, 0) is 6.54 Å². The Balaban J connectivity index is 1.54. The van der Waals surface area contributed by atoms with Gasteiger partial charge in [0, 0.05) is 12.2 Å². The Hall–Kier alpha value is -3.51. The fourth-order valence-corrected chi connectivity index (χ4v) is 2.83. The zero-order valence-corrected chi connectivity index (χ0v) is 16.2. The van der Waals surface area contributed by atoms with Gasteiger partial charge >= 0.3 is 6.03 Å². The second-order valence-electron chi connectivity index (χ2n) is 6.31. The van der Waals surface area contributed by atoms with Crippen LogP contribution in [0.15, 0.2) is 72.8 Å². The summed E-state index contributed by atoms with van der Waals surface area (Å²) in [5, 5.41) is 14.5. The van der Waals surface area contributed by atoms with Crippen LogP contribution in [-0.4, -0.2) is 31.5 Å². The van der Waals surface area contributed by atoms with Crippen molar-refractivity contribution in [3.05, 3.63) is 78.4 Å². The van der Waals surface area contributed by atoms with Gasteiger partial charge in [-0.25, -0.2) is 4.79 Å². The molecule has 0 saturated carbocycles. The van der Waals surface area contributed by atoms with E-state index in [2.05, 4.69) is 10.6 Å². The van der Waals surface area contributed by atoms with Gasteiger partial charge in [0.05, 0.1) is 13.7 Å². The zero-order valence-electron chi connectivity index (χ0n) is 16.2. The number of nitrogens with one attached hydrogen (secondary N) is 2. The molecule has 0 radical (unpaired) electrons. The van der Waals surface area contributed by atoms with Crippen LogP contribution in [0.3, 0.4) is 0 Å². The summed E-state index contributed by atoms with van der Waals surface area (Å²) < 4.78 is 10.7. The molecule has 2 amide bonds. The van der Waals surface area contributed by atoms with Crippen molar-refractivity contribution in [1.29, 1.82) is 0 Å². The molecule has 0 aliphatic carbocycles. The summed E-state index contributed by atoms with van der Waals surface area (Å²) in [6.45, 7) is 0.461. The van der Waals surface area contributed by atoms with Crippen molar-refractivity contribution < 1.29 is 19.4 Å². The van der Waals surface area contributed by atoms with E-state index in [1.54, 1.807) is 19.2 Å². The number of benzene rings is 3. The van der Waals surface area contributed by atoms with Crippen LogP contribution >= 0.6 is 0 Å². The number of hydrogen-bond donors (Lipinski definition) is 3. The lowest BCUT2D eigenvalue weighted by molar-refractivity contribution is 0.196. The van der Waals surface area contributed by atoms with Crippen molar-refractivity contribution >= 4 is 11.7 Å². The fraction of sp³-hybridized carbons (Fsp3) is 0.174. The molecule has 0 heterocycles.